The highest BCUT2D eigenvalue weighted by Gasteiger charge is 2.18. The van der Waals surface area contributed by atoms with E-state index in [1.807, 2.05) is 23.1 Å². The minimum atomic E-state index is 0.624. The van der Waals surface area contributed by atoms with Gasteiger partial charge >= 0.3 is 0 Å². The van der Waals surface area contributed by atoms with Crippen LogP contribution in [0.15, 0.2) is 67.0 Å². The summed E-state index contributed by atoms with van der Waals surface area (Å²) in [5.74, 6) is 0.624. The molecule has 0 aliphatic carbocycles. The van der Waals surface area contributed by atoms with Crippen LogP contribution in [0, 0.1) is 0 Å². The molecule has 2 heterocycles. The van der Waals surface area contributed by atoms with Crippen molar-refractivity contribution in [1.82, 2.24) is 15.1 Å². The molecule has 0 bridgehead atoms. The van der Waals surface area contributed by atoms with Gasteiger partial charge in [0.1, 0.15) is 0 Å². The van der Waals surface area contributed by atoms with Gasteiger partial charge in [0.2, 0.25) is 0 Å². The summed E-state index contributed by atoms with van der Waals surface area (Å²) in [6.07, 6.45) is 6.37. The molecule has 24 heavy (non-hydrogen) atoms. The fourth-order valence-corrected chi connectivity index (χ4v) is 3.60. The van der Waals surface area contributed by atoms with Crippen LogP contribution >= 0.6 is 0 Å². The van der Waals surface area contributed by atoms with Crippen LogP contribution in [0.5, 0.6) is 0 Å². The quantitative estimate of drug-likeness (QED) is 0.786. The summed E-state index contributed by atoms with van der Waals surface area (Å²) in [6.45, 7) is 3.07. The molecule has 0 radical (unpaired) electrons. The molecule has 1 N–H and O–H groups in total. The largest absolute Gasteiger partial charge is 0.316 e. The Labute approximate surface area is 143 Å². The molecular weight excluding hydrogens is 294 g/mol. The van der Waals surface area contributed by atoms with Gasteiger partial charge in [0.15, 0.2) is 0 Å². The summed E-state index contributed by atoms with van der Waals surface area (Å²) in [5.41, 5.74) is 5.43. The summed E-state index contributed by atoms with van der Waals surface area (Å²) in [4.78, 5) is 0. The molecule has 122 valence electrons. The molecule has 2 aromatic carbocycles. The fraction of sp³-hybridized carbons (Fsp3) is 0.286. The molecule has 0 amide bonds. The van der Waals surface area contributed by atoms with Gasteiger partial charge in [0.25, 0.3) is 0 Å². The van der Waals surface area contributed by atoms with E-state index in [-0.39, 0.29) is 0 Å². The van der Waals surface area contributed by atoms with Crippen molar-refractivity contribution in [3.63, 3.8) is 0 Å². The first-order chi connectivity index (χ1) is 11.9. The van der Waals surface area contributed by atoms with Gasteiger partial charge in [-0.25, -0.2) is 0 Å². The Morgan fingerprint density at radius 3 is 2.67 bits per heavy atom. The first-order valence-electron chi connectivity index (χ1n) is 8.76. The van der Waals surface area contributed by atoms with Crippen molar-refractivity contribution in [2.24, 2.45) is 0 Å². The number of hydrogen-bond donors (Lipinski definition) is 1. The zero-order valence-electron chi connectivity index (χ0n) is 13.9. The Kier molecular flexibility index (Phi) is 4.43. The molecule has 0 spiro atoms. The van der Waals surface area contributed by atoms with Crippen molar-refractivity contribution in [3.8, 4) is 11.1 Å². The maximum absolute atomic E-state index is 4.28. The molecule has 1 atom stereocenters. The second-order valence-electron chi connectivity index (χ2n) is 6.53. The summed E-state index contributed by atoms with van der Waals surface area (Å²) >= 11 is 0. The summed E-state index contributed by atoms with van der Waals surface area (Å²) in [6, 6.07) is 19.7. The van der Waals surface area contributed by atoms with E-state index in [1.54, 1.807) is 0 Å². The van der Waals surface area contributed by atoms with Crippen molar-refractivity contribution in [1.29, 1.82) is 0 Å². The molecule has 1 aliphatic rings. The van der Waals surface area contributed by atoms with Gasteiger partial charge in [-0.1, -0.05) is 48.5 Å². The Hall–Kier alpha value is -2.39. The lowest BCUT2D eigenvalue weighted by Gasteiger charge is -2.25. The molecule has 3 heteroatoms. The second kappa shape index (κ2) is 7.02. The van der Waals surface area contributed by atoms with Crippen molar-refractivity contribution in [3.05, 3.63) is 78.1 Å². The average Bonchev–Trinajstić information content (AvgIpc) is 3.16. The maximum Gasteiger partial charge on any atom is 0.0659 e. The Bertz CT molecular complexity index is 769. The van der Waals surface area contributed by atoms with Gasteiger partial charge in [0.05, 0.1) is 6.54 Å². The van der Waals surface area contributed by atoms with E-state index in [4.69, 9.17) is 0 Å². The molecule has 1 saturated heterocycles. The predicted molar refractivity (Wildman–Crippen MR) is 98.1 cm³/mol. The van der Waals surface area contributed by atoms with Gasteiger partial charge in [-0.15, -0.1) is 0 Å². The van der Waals surface area contributed by atoms with Crippen molar-refractivity contribution in [2.75, 3.05) is 13.1 Å². The number of nitrogens with one attached hydrogen (secondary N) is 1. The smallest absolute Gasteiger partial charge is 0.0659 e. The minimum Gasteiger partial charge on any atom is -0.316 e. The number of aromatic nitrogens is 2. The van der Waals surface area contributed by atoms with Gasteiger partial charge in [0, 0.05) is 18.9 Å². The average molecular weight is 317 g/mol. The van der Waals surface area contributed by atoms with E-state index in [2.05, 4.69) is 58.9 Å². The number of piperidine rings is 1. The zero-order valence-corrected chi connectivity index (χ0v) is 13.9. The van der Waals surface area contributed by atoms with E-state index in [9.17, 15) is 0 Å². The molecular formula is C21H23N3. The number of hydrogen-bond acceptors (Lipinski definition) is 2. The highest BCUT2D eigenvalue weighted by Crippen LogP contribution is 2.32. The van der Waals surface area contributed by atoms with Crippen LogP contribution in [0.1, 0.15) is 29.9 Å². The maximum atomic E-state index is 4.28. The van der Waals surface area contributed by atoms with Crippen LogP contribution < -0.4 is 5.32 Å². The molecule has 4 rings (SSSR count). The Morgan fingerprint density at radius 1 is 1.04 bits per heavy atom. The van der Waals surface area contributed by atoms with E-state index >= 15 is 0 Å². The normalized spacial score (nSPS) is 17.8. The van der Waals surface area contributed by atoms with Crippen LogP contribution in [0.2, 0.25) is 0 Å². The summed E-state index contributed by atoms with van der Waals surface area (Å²) in [5, 5.41) is 7.81. The van der Waals surface area contributed by atoms with Gasteiger partial charge < -0.3 is 5.32 Å². The van der Waals surface area contributed by atoms with E-state index < -0.39 is 0 Å². The Balaban J connectivity index is 1.59. The number of benzene rings is 2. The van der Waals surface area contributed by atoms with Gasteiger partial charge in [-0.05, 0) is 53.6 Å². The third-order valence-electron chi connectivity index (χ3n) is 4.87. The SMILES string of the molecule is c1ccc(C2CCCNC2)c(-c2ccc(Cn3cccn3)cc2)c1. The van der Waals surface area contributed by atoms with Gasteiger partial charge in [-0.3, -0.25) is 4.68 Å². The third-order valence-corrected chi connectivity index (χ3v) is 4.87. The zero-order chi connectivity index (χ0) is 16.2. The van der Waals surface area contributed by atoms with Crippen molar-refractivity contribution >= 4 is 0 Å². The first-order valence-corrected chi connectivity index (χ1v) is 8.76. The van der Waals surface area contributed by atoms with E-state index in [0.29, 0.717) is 5.92 Å². The summed E-state index contributed by atoms with van der Waals surface area (Å²) in [7, 11) is 0. The lowest BCUT2D eigenvalue weighted by Crippen LogP contribution is -2.28. The van der Waals surface area contributed by atoms with E-state index in [0.717, 1.165) is 19.6 Å². The summed E-state index contributed by atoms with van der Waals surface area (Å²) < 4.78 is 1.96. The molecule has 3 nitrogen and oxygen atoms in total. The molecule has 0 saturated carbocycles. The molecule has 1 aromatic heterocycles. The minimum absolute atomic E-state index is 0.624. The molecule has 1 fully saturated rings. The highest BCUT2D eigenvalue weighted by atomic mass is 15.3. The van der Waals surface area contributed by atoms with E-state index in [1.165, 1.54) is 35.1 Å². The first kappa shape index (κ1) is 15.2. The molecule has 1 unspecified atom stereocenters. The lowest BCUT2D eigenvalue weighted by molar-refractivity contribution is 0.462. The standard InChI is InChI=1S/C21H23N3/c1-2-7-21(19-5-3-12-22-15-19)20(6-1)18-10-8-17(9-11-18)16-24-14-4-13-23-24/h1-2,4,6-11,13-14,19,22H,3,5,12,15-16H2. The predicted octanol–water partition coefficient (Wildman–Crippen LogP) is 4.07. The third kappa shape index (κ3) is 3.26. The van der Waals surface area contributed by atoms with Crippen molar-refractivity contribution < 1.29 is 0 Å². The lowest BCUT2D eigenvalue weighted by atomic mass is 9.86. The number of rotatable bonds is 4. The van der Waals surface area contributed by atoms with Crippen LogP contribution in [-0.4, -0.2) is 22.9 Å². The topological polar surface area (TPSA) is 29.9 Å². The Morgan fingerprint density at radius 2 is 1.92 bits per heavy atom. The second-order valence-corrected chi connectivity index (χ2v) is 6.53. The fourth-order valence-electron chi connectivity index (χ4n) is 3.60. The molecule has 3 aromatic rings. The van der Waals surface area contributed by atoms with Crippen LogP contribution in [0.25, 0.3) is 11.1 Å². The highest BCUT2D eigenvalue weighted by molar-refractivity contribution is 5.68. The van der Waals surface area contributed by atoms with Crippen LogP contribution in [0.3, 0.4) is 0 Å². The van der Waals surface area contributed by atoms with Crippen LogP contribution in [-0.2, 0) is 6.54 Å². The monoisotopic (exact) mass is 317 g/mol. The van der Waals surface area contributed by atoms with Crippen LogP contribution in [0.4, 0.5) is 0 Å². The van der Waals surface area contributed by atoms with Crippen molar-refractivity contribution in [2.45, 2.75) is 25.3 Å². The van der Waals surface area contributed by atoms with Gasteiger partial charge in [-0.2, -0.15) is 5.10 Å². The number of nitrogens with zero attached hydrogens (tertiary/aromatic N) is 2. The molecule has 1 aliphatic heterocycles.